The van der Waals surface area contributed by atoms with Crippen molar-refractivity contribution >= 4 is 46.7 Å². The van der Waals surface area contributed by atoms with Gasteiger partial charge in [-0.1, -0.05) is 32.1 Å². The molecule has 1 aliphatic heterocycles. The van der Waals surface area contributed by atoms with Crippen LogP contribution in [0, 0.1) is 11.8 Å². The molecule has 6 atom stereocenters. The summed E-state index contributed by atoms with van der Waals surface area (Å²) in [4.78, 5) is 80.2. The van der Waals surface area contributed by atoms with Crippen molar-refractivity contribution in [1.82, 2.24) is 21.3 Å². The van der Waals surface area contributed by atoms with Crippen molar-refractivity contribution < 1.29 is 33.9 Å². The zero-order valence-electron chi connectivity index (χ0n) is 28.7. The molecular weight excluding hydrogens is 650 g/mol. The number of thiophene rings is 1. The number of hydrogen-bond donors (Lipinski definition) is 8. The molecule has 1 aromatic rings. The predicted molar refractivity (Wildman–Crippen MR) is 188 cm³/mol. The summed E-state index contributed by atoms with van der Waals surface area (Å²) in [7, 11) is 0. The Hall–Kier alpha value is -3.66. The lowest BCUT2D eigenvalue weighted by molar-refractivity contribution is -0.144. The first kappa shape index (κ1) is 41.5. The molecule has 0 radical (unpaired) electrons. The maximum absolute atomic E-state index is 13.8. The van der Waals surface area contributed by atoms with Gasteiger partial charge in [-0.05, 0) is 88.2 Å². The number of carboxylic acid groups (broad SMARTS) is 1. The summed E-state index contributed by atoms with van der Waals surface area (Å²) >= 11 is 1.40. The Bertz CT molecular complexity index is 1260. The molecule has 2 rings (SSSR count). The second-order valence-corrected chi connectivity index (χ2v) is 14.0. The number of ketones is 1. The number of nitrogens with one attached hydrogen (secondary N) is 4. The molecule has 11 N–H and O–H groups in total. The Kier molecular flexibility index (Phi) is 18.8. The lowest BCUT2D eigenvalue weighted by atomic mass is 9.90. The standard InChI is InChI=1S/C34H55N7O7S/c1-21(2)18-22(34(47)48)19-29(42)28(20-23-10-9-17-49-23)41-33(46)26-12-4-3-11-24(37)30(43)38-25(13-5-7-15-35)31(44)40-27(32(45)39-26)14-6-8-16-36/h3-4,9-10,17,21-22,24-28H,5-8,11-16,18-20,35-37H2,1-2H3,(H,38,43)(H,39,45)(H,40,44)(H,41,46)(H,47,48)/t22-,24+,25+,26+,27+,28+/m1/s1. The number of nitrogens with two attached hydrogens (primary N) is 3. The second kappa shape index (κ2) is 22.1. The van der Waals surface area contributed by atoms with Crippen LogP contribution in [0.1, 0.15) is 82.9 Å². The zero-order valence-corrected chi connectivity index (χ0v) is 29.5. The Morgan fingerprint density at radius 2 is 1.51 bits per heavy atom. The molecule has 274 valence electrons. The highest BCUT2D eigenvalue weighted by Gasteiger charge is 2.33. The van der Waals surface area contributed by atoms with Crippen LogP contribution in [0.15, 0.2) is 29.7 Å². The lowest BCUT2D eigenvalue weighted by Crippen LogP contribution is -2.58. The highest BCUT2D eigenvalue weighted by atomic mass is 32.1. The van der Waals surface area contributed by atoms with Crippen molar-refractivity contribution in [3.05, 3.63) is 34.5 Å². The van der Waals surface area contributed by atoms with Crippen LogP contribution in [0.3, 0.4) is 0 Å². The first-order chi connectivity index (χ1) is 23.4. The number of amides is 4. The predicted octanol–water partition coefficient (Wildman–Crippen LogP) is 0.871. The summed E-state index contributed by atoms with van der Waals surface area (Å²) in [6.07, 6.45) is 6.39. The molecule has 0 unspecified atom stereocenters. The molecule has 4 amide bonds. The maximum Gasteiger partial charge on any atom is 0.306 e. The summed E-state index contributed by atoms with van der Waals surface area (Å²) < 4.78 is 0. The van der Waals surface area contributed by atoms with Crippen LogP contribution >= 0.6 is 11.3 Å². The summed E-state index contributed by atoms with van der Waals surface area (Å²) in [5, 5.41) is 22.6. The van der Waals surface area contributed by atoms with Crippen molar-refractivity contribution in [2.75, 3.05) is 13.1 Å². The molecule has 1 aliphatic rings. The fourth-order valence-corrected chi connectivity index (χ4v) is 6.29. The van der Waals surface area contributed by atoms with Crippen LogP contribution in [-0.2, 0) is 35.2 Å². The SMILES string of the molecule is CC(C)C[C@H](CC(=O)[C@H](Cc1cccs1)NC(=O)[C@@H]1CC=CC[C@H](N)C(=O)N[C@@H](CCCCN)C(=O)N[C@@H](CCCCN)C(=O)N1)C(=O)O. The minimum absolute atomic E-state index is 0.00209. The fraction of sp³-hybridized carbons (Fsp3) is 0.647. The highest BCUT2D eigenvalue weighted by Crippen LogP contribution is 2.20. The normalized spacial score (nSPS) is 22.0. The van der Waals surface area contributed by atoms with Gasteiger partial charge in [0.2, 0.25) is 23.6 Å². The Balaban J connectivity index is 2.39. The van der Waals surface area contributed by atoms with Gasteiger partial charge >= 0.3 is 5.97 Å². The molecule has 0 aromatic carbocycles. The van der Waals surface area contributed by atoms with E-state index in [1.165, 1.54) is 11.3 Å². The third-order valence-electron chi connectivity index (χ3n) is 8.30. The van der Waals surface area contributed by atoms with E-state index < -0.39 is 71.5 Å². The number of unbranched alkanes of at least 4 members (excludes halogenated alkanes) is 2. The van der Waals surface area contributed by atoms with E-state index in [-0.39, 0.29) is 38.0 Å². The van der Waals surface area contributed by atoms with Crippen molar-refractivity contribution in [2.24, 2.45) is 29.0 Å². The monoisotopic (exact) mass is 705 g/mol. The molecule has 0 bridgehead atoms. The first-order valence-corrected chi connectivity index (χ1v) is 18.0. The van der Waals surface area contributed by atoms with Gasteiger partial charge in [0.25, 0.3) is 0 Å². The molecule has 0 saturated heterocycles. The van der Waals surface area contributed by atoms with E-state index in [0.717, 1.165) is 4.88 Å². The van der Waals surface area contributed by atoms with Crippen LogP contribution in [0.25, 0.3) is 0 Å². The van der Waals surface area contributed by atoms with Crippen molar-refractivity contribution in [2.45, 2.75) is 115 Å². The average molecular weight is 706 g/mol. The summed E-state index contributed by atoms with van der Waals surface area (Å²) in [5.74, 6) is -4.72. The largest absolute Gasteiger partial charge is 0.481 e. The van der Waals surface area contributed by atoms with E-state index in [4.69, 9.17) is 17.2 Å². The van der Waals surface area contributed by atoms with E-state index in [9.17, 15) is 33.9 Å². The van der Waals surface area contributed by atoms with Crippen molar-refractivity contribution in [3.8, 4) is 0 Å². The Labute approximate surface area is 292 Å². The van der Waals surface area contributed by atoms with Gasteiger partial charge in [0.05, 0.1) is 18.0 Å². The molecule has 2 heterocycles. The quantitative estimate of drug-likeness (QED) is 0.0791. The minimum Gasteiger partial charge on any atom is -0.481 e. The van der Waals surface area contributed by atoms with Crippen LogP contribution in [0.2, 0.25) is 0 Å². The Morgan fingerprint density at radius 3 is 2.06 bits per heavy atom. The molecule has 0 spiro atoms. The van der Waals surface area contributed by atoms with E-state index in [2.05, 4.69) is 21.3 Å². The van der Waals surface area contributed by atoms with Gasteiger partial charge in [0, 0.05) is 17.7 Å². The van der Waals surface area contributed by atoms with Gasteiger partial charge in [0.1, 0.15) is 18.1 Å². The third kappa shape index (κ3) is 15.2. The Morgan fingerprint density at radius 1 is 0.918 bits per heavy atom. The minimum atomic E-state index is -1.16. The molecule has 0 saturated carbocycles. The van der Waals surface area contributed by atoms with Gasteiger partial charge in [0.15, 0.2) is 5.78 Å². The van der Waals surface area contributed by atoms with Crippen molar-refractivity contribution in [3.63, 3.8) is 0 Å². The summed E-state index contributed by atoms with van der Waals surface area (Å²) in [5.41, 5.74) is 17.4. The number of carbonyl (C=O) groups excluding carboxylic acids is 5. The zero-order chi connectivity index (χ0) is 36.3. The molecule has 14 nitrogen and oxygen atoms in total. The molecule has 0 fully saturated rings. The number of rotatable bonds is 18. The lowest BCUT2D eigenvalue weighted by Gasteiger charge is -2.27. The third-order valence-corrected chi connectivity index (χ3v) is 9.20. The number of carboxylic acids is 1. The molecule has 1 aromatic heterocycles. The van der Waals surface area contributed by atoms with Crippen molar-refractivity contribution in [1.29, 1.82) is 0 Å². The van der Waals surface area contributed by atoms with Crippen LogP contribution in [0.5, 0.6) is 0 Å². The van der Waals surface area contributed by atoms with E-state index >= 15 is 0 Å². The summed E-state index contributed by atoms with van der Waals surface area (Å²) in [6, 6.07) is -1.51. The second-order valence-electron chi connectivity index (χ2n) is 13.0. The fourth-order valence-electron chi connectivity index (χ4n) is 5.53. The first-order valence-electron chi connectivity index (χ1n) is 17.2. The number of hydrogen-bond acceptors (Lipinski definition) is 10. The number of Topliss-reactive ketones (excluding diaryl/α,β-unsaturated/α-hetero) is 1. The topological polar surface area (TPSA) is 249 Å². The van der Waals surface area contributed by atoms with E-state index in [0.29, 0.717) is 51.6 Å². The smallest absolute Gasteiger partial charge is 0.306 e. The summed E-state index contributed by atoms with van der Waals surface area (Å²) in [6.45, 7) is 4.55. The van der Waals surface area contributed by atoms with Crippen LogP contribution in [0.4, 0.5) is 0 Å². The van der Waals surface area contributed by atoms with Crippen LogP contribution in [-0.4, -0.2) is 83.8 Å². The van der Waals surface area contributed by atoms with E-state index in [1.807, 2.05) is 31.4 Å². The van der Waals surface area contributed by atoms with Gasteiger partial charge in [-0.25, -0.2) is 0 Å². The van der Waals surface area contributed by atoms with Gasteiger partial charge in [-0.15, -0.1) is 11.3 Å². The highest BCUT2D eigenvalue weighted by molar-refractivity contribution is 7.09. The van der Waals surface area contributed by atoms with Gasteiger partial charge < -0.3 is 43.6 Å². The average Bonchev–Trinajstić information content (AvgIpc) is 3.56. The van der Waals surface area contributed by atoms with Gasteiger partial charge in [-0.3, -0.25) is 28.8 Å². The van der Waals surface area contributed by atoms with Crippen LogP contribution < -0.4 is 38.5 Å². The molecule has 15 heteroatoms. The molecule has 49 heavy (non-hydrogen) atoms. The molecular formula is C34H55N7O7S. The van der Waals surface area contributed by atoms with E-state index in [1.54, 1.807) is 12.2 Å². The number of carbonyl (C=O) groups is 6. The maximum atomic E-state index is 13.8. The number of aliphatic carboxylic acids is 1. The molecule has 0 aliphatic carbocycles. The van der Waals surface area contributed by atoms with Gasteiger partial charge in [-0.2, -0.15) is 0 Å².